The first-order chi connectivity index (χ1) is 49.1. The van der Waals surface area contributed by atoms with Crippen LogP contribution in [0.15, 0.2) is 326 Å². The van der Waals surface area contributed by atoms with Crippen LogP contribution in [-0.2, 0) is 0 Å². The highest BCUT2D eigenvalue weighted by Gasteiger charge is 2.18. The molecule has 10 aromatic heterocycles. The Morgan fingerprint density at radius 2 is 0.600 bits per heavy atom. The third-order valence-electron chi connectivity index (χ3n) is 18.0. The molecule has 0 bridgehead atoms. The van der Waals surface area contributed by atoms with Crippen molar-refractivity contribution in [2.75, 3.05) is 0 Å². The molecule has 0 aliphatic carbocycles. The molecule has 20 rings (SSSR count). The summed E-state index contributed by atoms with van der Waals surface area (Å²) in [6.45, 7) is 10.5. The van der Waals surface area contributed by atoms with E-state index < -0.39 is 0 Å². The smallest absolute Gasteiger partial charge is 0.161 e. The van der Waals surface area contributed by atoms with Crippen molar-refractivity contribution in [1.82, 2.24) is 24.9 Å². The molecule has 10 heteroatoms. The minimum Gasteiger partial charge on any atom is -0.455 e. The van der Waals surface area contributed by atoms with E-state index >= 15 is 0 Å². The highest BCUT2D eigenvalue weighted by molar-refractivity contribution is 6.12. The normalized spacial score (nSPS) is 11.2. The summed E-state index contributed by atoms with van der Waals surface area (Å²) in [4.78, 5) is 21.6. The number of para-hydroxylation sites is 5. The van der Waals surface area contributed by atoms with E-state index in [0.29, 0.717) is 0 Å². The molecule has 480 valence electrons. The van der Waals surface area contributed by atoms with Crippen LogP contribution in [0.3, 0.4) is 0 Å². The number of rotatable bonds is 5. The van der Waals surface area contributed by atoms with Gasteiger partial charge in [-0.15, -0.1) is 0 Å². The second-order valence-electron chi connectivity index (χ2n) is 25.1. The van der Waals surface area contributed by atoms with E-state index in [0.717, 1.165) is 149 Å². The number of aryl methyl sites for hydroxylation is 5. The van der Waals surface area contributed by atoms with E-state index in [-0.39, 0.29) is 0 Å². The molecular weight excluding hydrogens is 1230 g/mol. The van der Waals surface area contributed by atoms with Crippen LogP contribution in [0.4, 0.5) is 0 Å². The van der Waals surface area contributed by atoms with Crippen molar-refractivity contribution in [2.45, 2.75) is 34.6 Å². The lowest BCUT2D eigenvalue weighted by molar-refractivity contribution is 0.667. The molecule has 10 nitrogen and oxygen atoms in total. The Hall–Kier alpha value is -13.1. The molecule has 0 saturated heterocycles. The Bertz CT molecular complexity index is 5510. The number of aromatic nitrogens is 5. The number of pyridine rings is 5. The maximum Gasteiger partial charge on any atom is 0.161 e. The fourth-order valence-corrected chi connectivity index (χ4v) is 13.3. The van der Waals surface area contributed by atoms with Gasteiger partial charge in [-0.2, -0.15) is 0 Å². The van der Waals surface area contributed by atoms with Crippen LogP contribution < -0.4 is 0 Å². The summed E-state index contributed by atoms with van der Waals surface area (Å²) >= 11 is 0. The van der Waals surface area contributed by atoms with E-state index in [9.17, 15) is 0 Å². The monoisotopic (exact) mass is 1300 g/mol. The molecule has 0 spiro atoms. The van der Waals surface area contributed by atoms with Gasteiger partial charge in [0.25, 0.3) is 0 Å². The maximum atomic E-state index is 6.04. The van der Waals surface area contributed by atoms with Crippen LogP contribution in [0.1, 0.15) is 27.8 Å². The van der Waals surface area contributed by atoms with Crippen molar-refractivity contribution in [3.63, 3.8) is 0 Å². The van der Waals surface area contributed by atoms with Gasteiger partial charge in [-0.3, -0.25) is 24.9 Å². The summed E-state index contributed by atoms with van der Waals surface area (Å²) in [5.41, 5.74) is 28.3. The lowest BCUT2D eigenvalue weighted by Crippen LogP contribution is -1.82. The molecule has 0 radical (unpaired) electrons. The molecule has 10 aromatic carbocycles. The summed E-state index contributed by atoms with van der Waals surface area (Å²) < 4.78 is 30.1. The number of fused-ring (bicyclic) bond motifs is 15. The molecule has 100 heavy (non-hydrogen) atoms. The molecule has 20 aromatic rings. The Kier molecular flexibility index (Phi) is 16.6. The lowest BCUT2D eigenvalue weighted by Gasteiger charge is -2.03. The van der Waals surface area contributed by atoms with Gasteiger partial charge >= 0.3 is 0 Å². The summed E-state index contributed by atoms with van der Waals surface area (Å²) in [6, 6.07) is 86.9. The van der Waals surface area contributed by atoms with Crippen molar-refractivity contribution in [1.29, 1.82) is 0 Å². The predicted octanol–water partition coefficient (Wildman–Crippen LogP) is 24.8. The van der Waals surface area contributed by atoms with Gasteiger partial charge in [-0.1, -0.05) is 228 Å². The molecule has 10 heterocycles. The van der Waals surface area contributed by atoms with Crippen molar-refractivity contribution in [3.05, 3.63) is 332 Å². The third kappa shape index (κ3) is 12.2. The summed E-state index contributed by atoms with van der Waals surface area (Å²) in [6.07, 6.45) is 14.6. The molecule has 0 fully saturated rings. The fraction of sp³-hybridized carbons (Fsp3) is 0.0556. The van der Waals surface area contributed by atoms with E-state index in [2.05, 4.69) is 242 Å². The van der Waals surface area contributed by atoms with Crippen molar-refractivity contribution in [3.8, 4) is 55.6 Å². The SMILES string of the molecule is Cc1cccc(-c2cccc3c2oc2cccnc23)c1.Cc1cccc(-c2cccc3c2oc2ccncc23)c1.Cc1cccc(-c2cccc3c2oc2cnccc23)c1.Cc1cccc(-c2ccnc3c2oc2ccccc23)c1.Cc1cccc(-c2cncc3c2oc2ccccc23)c1. The van der Waals surface area contributed by atoms with Gasteiger partial charge in [0, 0.05) is 114 Å². The van der Waals surface area contributed by atoms with Gasteiger partial charge in [0.05, 0.1) is 6.20 Å². The van der Waals surface area contributed by atoms with Crippen LogP contribution in [0, 0.1) is 34.6 Å². The first-order valence-electron chi connectivity index (χ1n) is 33.3. The highest BCUT2D eigenvalue weighted by Crippen LogP contribution is 2.41. The van der Waals surface area contributed by atoms with Crippen LogP contribution in [0.25, 0.3) is 166 Å². The molecule has 0 aliphatic rings. The molecule has 0 N–H and O–H groups in total. The molecule has 0 aliphatic heterocycles. The van der Waals surface area contributed by atoms with Crippen LogP contribution in [0.5, 0.6) is 0 Å². The summed E-state index contributed by atoms with van der Waals surface area (Å²) in [5, 5.41) is 8.76. The predicted molar refractivity (Wildman–Crippen MR) is 408 cm³/mol. The van der Waals surface area contributed by atoms with E-state index in [1.54, 1.807) is 24.8 Å². The van der Waals surface area contributed by atoms with Crippen LogP contribution in [-0.4, -0.2) is 24.9 Å². The van der Waals surface area contributed by atoms with Gasteiger partial charge in [-0.25, -0.2) is 0 Å². The summed E-state index contributed by atoms with van der Waals surface area (Å²) in [7, 11) is 0. The first-order valence-corrected chi connectivity index (χ1v) is 33.3. The highest BCUT2D eigenvalue weighted by atomic mass is 16.3. The van der Waals surface area contributed by atoms with Crippen molar-refractivity contribution >= 4 is 110 Å². The van der Waals surface area contributed by atoms with Gasteiger partial charge in [0.15, 0.2) is 16.7 Å². The summed E-state index contributed by atoms with van der Waals surface area (Å²) in [5.74, 6) is 0. The number of furan rings is 5. The number of hydrogen-bond donors (Lipinski definition) is 0. The zero-order valence-corrected chi connectivity index (χ0v) is 55.6. The number of nitrogens with zero attached hydrogens (tertiary/aromatic N) is 5. The van der Waals surface area contributed by atoms with Crippen LogP contribution in [0.2, 0.25) is 0 Å². The van der Waals surface area contributed by atoms with Gasteiger partial charge in [0.2, 0.25) is 0 Å². The fourth-order valence-electron chi connectivity index (χ4n) is 13.3. The molecule has 0 amide bonds. The largest absolute Gasteiger partial charge is 0.455 e. The second kappa shape index (κ2) is 26.9. The first kappa shape index (κ1) is 61.8. The number of benzene rings is 10. The average Bonchev–Trinajstić information content (AvgIpc) is 1.65. The lowest BCUT2D eigenvalue weighted by atomic mass is 10.0. The van der Waals surface area contributed by atoms with E-state index in [1.807, 2.05) is 97.6 Å². The van der Waals surface area contributed by atoms with E-state index in [4.69, 9.17) is 22.1 Å². The minimum atomic E-state index is 0.836. The minimum absolute atomic E-state index is 0.836. The quantitative estimate of drug-likeness (QED) is 0.164. The Balaban J connectivity index is 0.0000000972. The molecule has 0 saturated carbocycles. The third-order valence-corrected chi connectivity index (χ3v) is 18.0. The Morgan fingerprint density at radius 3 is 1.19 bits per heavy atom. The Labute approximate surface area is 576 Å². The molecule has 0 atom stereocenters. The standard InChI is InChI=1S/5C18H13NO/c1-12-5-2-6-13(11-12)14-7-3-8-15-17-16(20-18(14)15)9-4-10-19-17;1-12-4-2-5-13(10-12)14-6-3-7-16-15-8-9-19-11-17(15)20-18(14)16;1-12-4-2-5-13(10-12)14-6-3-7-15-16-11-19-9-8-17(16)20-18(14)15;1-12-5-4-6-13(9-12)15-10-19-11-16-14-7-2-3-8-17(14)20-18(15)16;1-12-5-4-6-13(11-12)14-9-10-19-17-15-7-2-3-8-16(15)20-18(14)17/h5*2-11H,1H3. The topological polar surface area (TPSA) is 130 Å². The maximum absolute atomic E-state index is 6.04. The number of hydrogen-bond acceptors (Lipinski definition) is 10. The Morgan fingerprint density at radius 1 is 0.210 bits per heavy atom. The average molecular weight is 1300 g/mol. The molecule has 0 unspecified atom stereocenters. The zero-order valence-electron chi connectivity index (χ0n) is 55.6. The van der Waals surface area contributed by atoms with Crippen molar-refractivity contribution < 1.29 is 22.1 Å². The second-order valence-corrected chi connectivity index (χ2v) is 25.1. The van der Waals surface area contributed by atoms with E-state index in [1.165, 1.54) is 44.5 Å². The van der Waals surface area contributed by atoms with Gasteiger partial charge in [-0.05, 0) is 117 Å². The van der Waals surface area contributed by atoms with Crippen LogP contribution >= 0.6 is 0 Å². The zero-order chi connectivity index (χ0) is 67.6. The van der Waals surface area contributed by atoms with Gasteiger partial charge in [0.1, 0.15) is 50.1 Å². The van der Waals surface area contributed by atoms with Gasteiger partial charge < -0.3 is 22.1 Å². The molecular formula is C90H65N5O5. The van der Waals surface area contributed by atoms with Crippen molar-refractivity contribution in [2.24, 2.45) is 0 Å².